The van der Waals surface area contributed by atoms with Crippen molar-refractivity contribution in [2.24, 2.45) is 17.8 Å². The van der Waals surface area contributed by atoms with Crippen LogP contribution in [0.3, 0.4) is 0 Å². The van der Waals surface area contributed by atoms with Crippen LogP contribution < -0.4 is 0 Å². The molecule has 2 saturated carbocycles. The van der Waals surface area contributed by atoms with Crippen LogP contribution in [0.1, 0.15) is 77.0 Å². The molecule has 0 spiro atoms. The van der Waals surface area contributed by atoms with E-state index in [0.29, 0.717) is 24.5 Å². The first-order valence-corrected chi connectivity index (χ1v) is 11.3. The van der Waals surface area contributed by atoms with Crippen LogP contribution in [0.5, 0.6) is 0 Å². The molecule has 29 heavy (non-hydrogen) atoms. The Bertz CT molecular complexity index is 516. The highest BCUT2D eigenvalue weighted by molar-refractivity contribution is 5.81. The molecule has 0 aromatic rings. The summed E-state index contributed by atoms with van der Waals surface area (Å²) in [6.45, 7) is 4.61. The van der Waals surface area contributed by atoms with Crippen LogP contribution in [0.25, 0.3) is 0 Å². The number of hydrogen-bond donors (Lipinski definition) is 1. The van der Waals surface area contributed by atoms with Gasteiger partial charge in [0.05, 0.1) is 24.9 Å². The number of esters is 1. The first kappa shape index (κ1) is 23.9. The Hall–Kier alpha value is -1.42. The standard InChI is InChI=1S/C23H37NO5/c1-2-22(25)28-16-6-4-3-5-15-27-21-13-11-20(12-14-21)23(29-26)19-9-7-18(17-24)8-10-19/h2,18-21,23,26H,1,3-16H2. The van der Waals surface area contributed by atoms with E-state index in [1.165, 1.54) is 6.08 Å². The van der Waals surface area contributed by atoms with E-state index in [9.17, 15) is 10.1 Å². The number of nitrogens with zero attached hydrogens (tertiary/aromatic N) is 1. The normalized spacial score (nSPS) is 28.3. The Morgan fingerprint density at radius 3 is 2.14 bits per heavy atom. The Labute approximate surface area is 175 Å². The third kappa shape index (κ3) is 8.46. The van der Waals surface area contributed by atoms with Crippen LogP contribution in [0, 0.1) is 29.1 Å². The van der Waals surface area contributed by atoms with E-state index in [2.05, 4.69) is 12.6 Å². The highest BCUT2D eigenvalue weighted by Gasteiger charge is 2.36. The minimum absolute atomic E-state index is 0.0919. The van der Waals surface area contributed by atoms with Crippen molar-refractivity contribution in [1.29, 1.82) is 5.26 Å². The molecule has 2 aliphatic carbocycles. The van der Waals surface area contributed by atoms with Gasteiger partial charge >= 0.3 is 5.97 Å². The maximum atomic E-state index is 10.9. The van der Waals surface area contributed by atoms with Gasteiger partial charge in [-0.1, -0.05) is 13.0 Å². The molecule has 2 rings (SSSR count). The van der Waals surface area contributed by atoms with E-state index < -0.39 is 0 Å². The summed E-state index contributed by atoms with van der Waals surface area (Å²) >= 11 is 0. The minimum atomic E-state index is -0.354. The second-order valence-electron chi connectivity index (χ2n) is 8.50. The fourth-order valence-electron chi connectivity index (χ4n) is 4.76. The Balaban J connectivity index is 1.54. The smallest absolute Gasteiger partial charge is 0.330 e. The van der Waals surface area contributed by atoms with Gasteiger partial charge in [0, 0.05) is 18.6 Å². The van der Waals surface area contributed by atoms with Gasteiger partial charge in [0.1, 0.15) is 0 Å². The molecule has 164 valence electrons. The molecule has 1 N–H and O–H groups in total. The molecule has 0 radical (unpaired) electrons. The number of ether oxygens (including phenoxy) is 2. The lowest BCUT2D eigenvalue weighted by atomic mass is 9.73. The fourth-order valence-corrected chi connectivity index (χ4v) is 4.76. The highest BCUT2D eigenvalue weighted by Crippen LogP contribution is 2.39. The molecule has 0 aromatic carbocycles. The SMILES string of the molecule is C=CC(=O)OCCCCCCOC1CCC(C(OO)C2CCC(C#N)CC2)CC1. The number of unbranched alkanes of at least 4 members (excludes halogenated alkanes) is 3. The first-order valence-electron chi connectivity index (χ1n) is 11.3. The van der Waals surface area contributed by atoms with Gasteiger partial charge in [0.2, 0.25) is 0 Å². The van der Waals surface area contributed by atoms with Gasteiger partial charge in [-0.2, -0.15) is 5.26 Å². The van der Waals surface area contributed by atoms with Gasteiger partial charge in [-0.05, 0) is 82.5 Å². The molecular formula is C23H37NO5. The van der Waals surface area contributed by atoms with E-state index >= 15 is 0 Å². The third-order valence-electron chi connectivity index (χ3n) is 6.53. The van der Waals surface area contributed by atoms with E-state index in [1.807, 2.05) is 0 Å². The third-order valence-corrected chi connectivity index (χ3v) is 6.53. The Kier molecular flexibility index (Phi) is 11.3. The van der Waals surface area contributed by atoms with Crippen LogP contribution in [0.4, 0.5) is 0 Å². The van der Waals surface area contributed by atoms with Crippen molar-refractivity contribution in [1.82, 2.24) is 0 Å². The molecule has 2 fully saturated rings. The summed E-state index contributed by atoms with van der Waals surface area (Å²) in [6.07, 6.45) is 13.3. The van der Waals surface area contributed by atoms with E-state index in [0.717, 1.165) is 83.7 Å². The average Bonchev–Trinajstić information content (AvgIpc) is 2.77. The molecule has 0 aromatic heterocycles. The first-order chi connectivity index (χ1) is 14.2. The summed E-state index contributed by atoms with van der Waals surface area (Å²) < 4.78 is 11.0. The molecule has 0 heterocycles. The van der Waals surface area contributed by atoms with Crippen molar-refractivity contribution < 1.29 is 24.4 Å². The predicted octanol–water partition coefficient (Wildman–Crippen LogP) is 5.04. The zero-order valence-corrected chi connectivity index (χ0v) is 17.6. The van der Waals surface area contributed by atoms with Crippen LogP contribution in [-0.4, -0.2) is 36.6 Å². The lowest BCUT2D eigenvalue weighted by molar-refractivity contribution is -0.307. The lowest BCUT2D eigenvalue weighted by Crippen LogP contribution is -2.37. The van der Waals surface area contributed by atoms with Crippen molar-refractivity contribution in [2.75, 3.05) is 13.2 Å². The lowest BCUT2D eigenvalue weighted by Gasteiger charge is -2.38. The summed E-state index contributed by atoms with van der Waals surface area (Å²) in [4.78, 5) is 15.9. The van der Waals surface area contributed by atoms with E-state index in [1.54, 1.807) is 0 Å². The topological polar surface area (TPSA) is 88.8 Å². The molecule has 0 bridgehead atoms. The highest BCUT2D eigenvalue weighted by atomic mass is 17.1. The Morgan fingerprint density at radius 2 is 1.59 bits per heavy atom. The van der Waals surface area contributed by atoms with Crippen LogP contribution in [0.15, 0.2) is 12.7 Å². The summed E-state index contributed by atoms with van der Waals surface area (Å²) in [5.41, 5.74) is 0. The largest absolute Gasteiger partial charge is 0.463 e. The van der Waals surface area contributed by atoms with Gasteiger partial charge in [0.25, 0.3) is 0 Å². The van der Waals surface area contributed by atoms with Crippen LogP contribution in [0.2, 0.25) is 0 Å². The van der Waals surface area contributed by atoms with E-state index in [-0.39, 0.29) is 18.0 Å². The Morgan fingerprint density at radius 1 is 1.00 bits per heavy atom. The molecule has 0 saturated heterocycles. The average molecular weight is 408 g/mol. The van der Waals surface area contributed by atoms with E-state index in [4.69, 9.17) is 19.6 Å². The molecular weight excluding hydrogens is 370 g/mol. The summed E-state index contributed by atoms with van der Waals surface area (Å²) in [5.74, 6) is 0.587. The number of hydrogen-bond acceptors (Lipinski definition) is 6. The number of carbonyl (C=O) groups is 1. The number of rotatable bonds is 12. The molecule has 1 atom stereocenters. The zero-order valence-electron chi connectivity index (χ0n) is 17.6. The minimum Gasteiger partial charge on any atom is -0.463 e. The molecule has 0 aliphatic heterocycles. The van der Waals surface area contributed by atoms with Crippen LogP contribution >= 0.6 is 0 Å². The maximum absolute atomic E-state index is 10.9. The van der Waals surface area contributed by atoms with Gasteiger partial charge < -0.3 is 9.47 Å². The fraction of sp³-hybridized carbons (Fsp3) is 0.826. The van der Waals surface area contributed by atoms with Crippen molar-refractivity contribution in [2.45, 2.75) is 89.3 Å². The van der Waals surface area contributed by atoms with Crippen molar-refractivity contribution in [3.05, 3.63) is 12.7 Å². The summed E-state index contributed by atoms with van der Waals surface area (Å²) in [6, 6.07) is 2.37. The summed E-state index contributed by atoms with van der Waals surface area (Å²) in [7, 11) is 0. The number of nitriles is 1. The van der Waals surface area contributed by atoms with Crippen LogP contribution in [-0.2, 0) is 19.2 Å². The van der Waals surface area contributed by atoms with Gasteiger partial charge in [-0.25, -0.2) is 9.68 Å². The van der Waals surface area contributed by atoms with Crippen molar-refractivity contribution in [3.8, 4) is 6.07 Å². The summed E-state index contributed by atoms with van der Waals surface area (Å²) in [5, 5.41) is 18.6. The van der Waals surface area contributed by atoms with Gasteiger partial charge in [-0.15, -0.1) is 0 Å². The molecule has 6 nitrogen and oxygen atoms in total. The van der Waals surface area contributed by atoms with Gasteiger partial charge in [-0.3, -0.25) is 5.26 Å². The zero-order chi connectivity index (χ0) is 20.9. The second kappa shape index (κ2) is 13.7. The quantitative estimate of drug-likeness (QED) is 0.160. The monoisotopic (exact) mass is 407 g/mol. The second-order valence-corrected chi connectivity index (χ2v) is 8.50. The maximum Gasteiger partial charge on any atom is 0.330 e. The molecule has 2 aliphatic rings. The molecule has 0 amide bonds. The number of carbonyl (C=O) groups excluding carboxylic acids is 1. The van der Waals surface area contributed by atoms with Crippen molar-refractivity contribution >= 4 is 5.97 Å². The molecule has 6 heteroatoms. The van der Waals surface area contributed by atoms with Gasteiger partial charge in [0.15, 0.2) is 0 Å². The molecule has 1 unspecified atom stereocenters. The predicted molar refractivity (Wildman–Crippen MR) is 110 cm³/mol. The van der Waals surface area contributed by atoms with Crippen molar-refractivity contribution in [3.63, 3.8) is 0 Å².